The van der Waals surface area contributed by atoms with Gasteiger partial charge in [-0.15, -0.1) is 0 Å². The minimum absolute atomic E-state index is 0.0693. The standard InChI is InChI=1S/C12H7F3N2O/c13-8-3-1-2-4-9(8)16-12(18)7-5-10(14)17-11(15)6-7/h1-6H,(H,16,18). The Balaban J connectivity index is 2.25. The maximum atomic E-state index is 13.2. The lowest BCUT2D eigenvalue weighted by atomic mass is 10.2. The highest BCUT2D eigenvalue weighted by atomic mass is 19.1. The van der Waals surface area contributed by atoms with Gasteiger partial charge in [-0.3, -0.25) is 4.79 Å². The maximum Gasteiger partial charge on any atom is 0.256 e. The minimum Gasteiger partial charge on any atom is -0.319 e. The molecule has 2 aromatic rings. The quantitative estimate of drug-likeness (QED) is 0.835. The number of halogens is 3. The Labute approximate surface area is 100 Å². The fraction of sp³-hybridized carbons (Fsp3) is 0. The van der Waals surface area contributed by atoms with Crippen LogP contribution < -0.4 is 5.32 Å². The molecule has 6 heteroatoms. The average molecular weight is 252 g/mol. The summed E-state index contributed by atoms with van der Waals surface area (Å²) in [5, 5.41) is 2.21. The number of hydrogen-bond acceptors (Lipinski definition) is 2. The molecule has 2 rings (SSSR count). The fourth-order valence-corrected chi connectivity index (χ4v) is 1.35. The fourth-order valence-electron chi connectivity index (χ4n) is 1.35. The predicted octanol–water partition coefficient (Wildman–Crippen LogP) is 2.75. The Bertz CT molecular complexity index is 581. The molecule has 0 bridgehead atoms. The number of rotatable bonds is 2. The summed E-state index contributed by atoms with van der Waals surface area (Å²) in [5.74, 6) is -3.69. The number of carbonyl (C=O) groups excluding carboxylic acids is 1. The van der Waals surface area contributed by atoms with Crippen LogP contribution >= 0.6 is 0 Å². The summed E-state index contributed by atoms with van der Waals surface area (Å²) in [4.78, 5) is 14.5. The first kappa shape index (κ1) is 12.1. The van der Waals surface area contributed by atoms with Crippen molar-refractivity contribution in [3.05, 3.63) is 59.7 Å². The van der Waals surface area contributed by atoms with Crippen LogP contribution in [0, 0.1) is 17.7 Å². The lowest BCUT2D eigenvalue weighted by Gasteiger charge is -2.06. The Morgan fingerprint density at radius 3 is 2.28 bits per heavy atom. The van der Waals surface area contributed by atoms with E-state index in [9.17, 15) is 18.0 Å². The van der Waals surface area contributed by atoms with Crippen molar-refractivity contribution in [2.45, 2.75) is 0 Å². The molecule has 0 aliphatic carbocycles. The summed E-state index contributed by atoms with van der Waals surface area (Å²) in [5.41, 5.74) is -0.344. The zero-order chi connectivity index (χ0) is 13.1. The number of para-hydroxylation sites is 1. The zero-order valence-corrected chi connectivity index (χ0v) is 8.95. The van der Waals surface area contributed by atoms with E-state index in [1.165, 1.54) is 18.2 Å². The van der Waals surface area contributed by atoms with Gasteiger partial charge in [0.2, 0.25) is 11.9 Å². The van der Waals surface area contributed by atoms with Gasteiger partial charge >= 0.3 is 0 Å². The van der Waals surface area contributed by atoms with E-state index in [2.05, 4.69) is 10.3 Å². The highest BCUT2D eigenvalue weighted by Crippen LogP contribution is 2.14. The predicted molar refractivity (Wildman–Crippen MR) is 58.5 cm³/mol. The van der Waals surface area contributed by atoms with Crippen LogP contribution in [0.25, 0.3) is 0 Å². The molecule has 3 nitrogen and oxygen atoms in total. The molecule has 1 heterocycles. The molecule has 1 amide bonds. The molecule has 92 valence electrons. The number of benzene rings is 1. The summed E-state index contributed by atoms with van der Waals surface area (Å²) in [6.45, 7) is 0. The van der Waals surface area contributed by atoms with E-state index in [1.54, 1.807) is 0 Å². The number of pyridine rings is 1. The lowest BCUT2D eigenvalue weighted by Crippen LogP contribution is -2.14. The number of carbonyl (C=O) groups is 1. The highest BCUT2D eigenvalue weighted by molar-refractivity contribution is 6.04. The zero-order valence-electron chi connectivity index (χ0n) is 8.95. The Morgan fingerprint density at radius 2 is 1.67 bits per heavy atom. The van der Waals surface area contributed by atoms with E-state index in [-0.39, 0.29) is 11.3 Å². The second-order valence-electron chi connectivity index (χ2n) is 3.44. The normalized spacial score (nSPS) is 10.2. The van der Waals surface area contributed by atoms with Gasteiger partial charge in [-0.25, -0.2) is 4.39 Å². The summed E-state index contributed by atoms with van der Waals surface area (Å²) < 4.78 is 38.9. The van der Waals surface area contributed by atoms with Crippen LogP contribution in [0.1, 0.15) is 10.4 Å². The SMILES string of the molecule is O=C(Nc1ccccc1F)c1cc(F)nc(F)c1. The molecular formula is C12H7F3N2O. The Hall–Kier alpha value is -2.37. The van der Waals surface area contributed by atoms with Crippen LogP contribution in [-0.2, 0) is 0 Å². The summed E-state index contributed by atoms with van der Waals surface area (Å²) in [7, 11) is 0. The van der Waals surface area contributed by atoms with E-state index in [1.807, 2.05) is 0 Å². The molecule has 0 aliphatic heterocycles. The number of amides is 1. The summed E-state index contributed by atoms with van der Waals surface area (Å²) >= 11 is 0. The number of nitrogens with zero attached hydrogens (tertiary/aromatic N) is 1. The smallest absolute Gasteiger partial charge is 0.256 e. The monoisotopic (exact) mass is 252 g/mol. The molecule has 0 radical (unpaired) electrons. The average Bonchev–Trinajstić information content (AvgIpc) is 2.31. The van der Waals surface area contributed by atoms with Crippen molar-refractivity contribution in [1.82, 2.24) is 4.98 Å². The summed E-state index contributed by atoms with van der Waals surface area (Å²) in [6, 6.07) is 6.99. The number of nitrogens with one attached hydrogen (secondary N) is 1. The van der Waals surface area contributed by atoms with Crippen molar-refractivity contribution in [1.29, 1.82) is 0 Å². The van der Waals surface area contributed by atoms with Gasteiger partial charge in [0.1, 0.15) is 5.82 Å². The van der Waals surface area contributed by atoms with Gasteiger partial charge in [-0.05, 0) is 12.1 Å². The Morgan fingerprint density at radius 1 is 1.06 bits per heavy atom. The second-order valence-corrected chi connectivity index (χ2v) is 3.44. The topological polar surface area (TPSA) is 42.0 Å². The number of hydrogen-bond donors (Lipinski definition) is 1. The molecule has 18 heavy (non-hydrogen) atoms. The first-order valence-electron chi connectivity index (χ1n) is 4.95. The minimum atomic E-state index is -1.12. The first-order chi connectivity index (χ1) is 8.56. The first-order valence-corrected chi connectivity index (χ1v) is 4.95. The van der Waals surface area contributed by atoms with Gasteiger partial charge in [-0.2, -0.15) is 13.8 Å². The largest absolute Gasteiger partial charge is 0.319 e. The molecule has 0 unspecified atom stereocenters. The van der Waals surface area contributed by atoms with E-state index in [0.29, 0.717) is 0 Å². The van der Waals surface area contributed by atoms with Gasteiger partial charge in [0.25, 0.3) is 5.91 Å². The van der Waals surface area contributed by atoms with Gasteiger partial charge in [-0.1, -0.05) is 12.1 Å². The van der Waals surface area contributed by atoms with Crippen molar-refractivity contribution in [3.63, 3.8) is 0 Å². The van der Waals surface area contributed by atoms with Crippen molar-refractivity contribution in [2.75, 3.05) is 5.32 Å². The van der Waals surface area contributed by atoms with Gasteiger partial charge in [0.15, 0.2) is 0 Å². The third kappa shape index (κ3) is 2.65. The van der Waals surface area contributed by atoms with Crippen LogP contribution in [-0.4, -0.2) is 10.9 Å². The van der Waals surface area contributed by atoms with Crippen LogP contribution in [0.2, 0.25) is 0 Å². The van der Waals surface area contributed by atoms with Gasteiger partial charge in [0, 0.05) is 17.7 Å². The lowest BCUT2D eigenvalue weighted by molar-refractivity contribution is 0.102. The van der Waals surface area contributed by atoms with Crippen molar-refractivity contribution in [3.8, 4) is 0 Å². The van der Waals surface area contributed by atoms with E-state index in [0.717, 1.165) is 18.2 Å². The van der Waals surface area contributed by atoms with Crippen LogP contribution in [0.5, 0.6) is 0 Å². The van der Waals surface area contributed by atoms with Crippen molar-refractivity contribution in [2.24, 2.45) is 0 Å². The molecule has 1 N–H and O–H groups in total. The number of anilines is 1. The second kappa shape index (κ2) is 4.87. The van der Waals surface area contributed by atoms with E-state index < -0.39 is 23.6 Å². The third-order valence-corrected chi connectivity index (χ3v) is 2.15. The molecule has 0 aliphatic rings. The van der Waals surface area contributed by atoms with Crippen molar-refractivity contribution >= 4 is 11.6 Å². The van der Waals surface area contributed by atoms with E-state index >= 15 is 0 Å². The summed E-state index contributed by atoms with van der Waals surface area (Å²) in [6.07, 6.45) is 0. The van der Waals surface area contributed by atoms with Crippen LogP contribution in [0.4, 0.5) is 18.9 Å². The highest BCUT2D eigenvalue weighted by Gasteiger charge is 2.12. The molecule has 0 saturated carbocycles. The van der Waals surface area contributed by atoms with E-state index in [4.69, 9.17) is 0 Å². The van der Waals surface area contributed by atoms with Crippen LogP contribution in [0.3, 0.4) is 0 Å². The maximum absolute atomic E-state index is 13.2. The third-order valence-electron chi connectivity index (χ3n) is 2.15. The molecule has 0 fully saturated rings. The number of aromatic nitrogens is 1. The molecule has 1 aromatic heterocycles. The molecule has 1 aromatic carbocycles. The molecule has 0 saturated heterocycles. The van der Waals surface area contributed by atoms with Gasteiger partial charge < -0.3 is 5.32 Å². The van der Waals surface area contributed by atoms with Gasteiger partial charge in [0.05, 0.1) is 5.69 Å². The van der Waals surface area contributed by atoms with Crippen LogP contribution in [0.15, 0.2) is 36.4 Å². The molecular weight excluding hydrogens is 245 g/mol. The molecule has 0 spiro atoms. The Kier molecular flexibility index (Phi) is 3.27. The molecule has 0 atom stereocenters. The van der Waals surface area contributed by atoms with Crippen molar-refractivity contribution < 1.29 is 18.0 Å².